The van der Waals surface area contributed by atoms with Gasteiger partial charge in [0.25, 0.3) is 6.71 Å². The summed E-state index contributed by atoms with van der Waals surface area (Å²) in [6.45, 7) is 13.8. The predicted octanol–water partition coefficient (Wildman–Crippen LogP) is 17.1. The molecule has 3 nitrogen and oxygen atoms in total. The van der Waals surface area contributed by atoms with Crippen molar-refractivity contribution in [2.75, 3.05) is 9.80 Å². The van der Waals surface area contributed by atoms with Crippen LogP contribution in [0.1, 0.15) is 52.7 Å². The molecule has 0 bridgehead atoms. The van der Waals surface area contributed by atoms with Gasteiger partial charge >= 0.3 is 0 Å². The maximum Gasteiger partial charge on any atom is 0.268 e. The highest BCUT2D eigenvalue weighted by Gasteiger charge is 2.44. The lowest BCUT2D eigenvalue weighted by atomic mass is 9.37. The van der Waals surface area contributed by atoms with Gasteiger partial charge in [0.15, 0.2) is 0 Å². The van der Waals surface area contributed by atoms with Crippen LogP contribution in [0, 0.1) is 0 Å². The molecule has 9 aromatic carbocycles. The van der Waals surface area contributed by atoms with Gasteiger partial charge in [-0.1, -0.05) is 175 Å². The van der Waals surface area contributed by atoms with Crippen molar-refractivity contribution in [3.63, 3.8) is 0 Å². The summed E-state index contributed by atoms with van der Waals surface area (Å²) in [6, 6.07) is 74.0. The third-order valence-electron chi connectivity index (χ3n) is 14.4. The van der Waals surface area contributed by atoms with Crippen LogP contribution in [0.15, 0.2) is 200 Å². The molecule has 4 heterocycles. The van der Waals surface area contributed by atoms with Gasteiger partial charge < -0.3 is 14.5 Å². The number of fused-ring (bicyclic) bond motifs is 9. The average molecular weight is 939 g/mol. The summed E-state index contributed by atoms with van der Waals surface area (Å²) in [4.78, 5) is 4.98. The zero-order valence-electron chi connectivity index (χ0n) is 40.2. The van der Waals surface area contributed by atoms with E-state index < -0.39 is 0 Å². The van der Waals surface area contributed by atoms with E-state index in [1.807, 2.05) is 22.7 Å². The van der Waals surface area contributed by atoms with Gasteiger partial charge in [-0.15, -0.1) is 22.7 Å². The van der Waals surface area contributed by atoms with Gasteiger partial charge in [-0.2, -0.15) is 0 Å². The molecule has 6 heteroatoms. The normalized spacial score (nSPS) is 13.1. The van der Waals surface area contributed by atoms with E-state index in [0.717, 1.165) is 28.6 Å². The van der Waals surface area contributed by atoms with Crippen LogP contribution in [0.5, 0.6) is 11.5 Å². The van der Waals surface area contributed by atoms with Crippen LogP contribution in [-0.4, -0.2) is 6.71 Å². The van der Waals surface area contributed by atoms with Crippen molar-refractivity contribution in [2.24, 2.45) is 0 Å². The van der Waals surface area contributed by atoms with Crippen molar-refractivity contribution in [2.45, 2.75) is 52.4 Å². The van der Waals surface area contributed by atoms with Crippen LogP contribution in [0.25, 0.3) is 52.5 Å². The second-order valence-corrected chi connectivity index (χ2v) is 23.0. The van der Waals surface area contributed by atoms with Crippen LogP contribution in [0.2, 0.25) is 0 Å². The van der Waals surface area contributed by atoms with E-state index in [2.05, 4.69) is 252 Å². The number of rotatable bonds is 6. The van der Waals surface area contributed by atoms with E-state index in [9.17, 15) is 0 Å². The van der Waals surface area contributed by atoms with Gasteiger partial charge in [-0.25, -0.2) is 0 Å². The minimum Gasteiger partial charge on any atom is -0.458 e. The lowest BCUT2D eigenvalue weighted by Gasteiger charge is -2.39. The first-order valence-corrected chi connectivity index (χ1v) is 26.0. The summed E-state index contributed by atoms with van der Waals surface area (Å²) in [5.74, 6) is 1.78. The van der Waals surface area contributed by atoms with Crippen molar-refractivity contribution in [3.05, 3.63) is 211 Å². The molecule has 0 spiro atoms. The first-order valence-electron chi connectivity index (χ1n) is 24.4. The summed E-state index contributed by atoms with van der Waals surface area (Å²) in [7, 11) is 0. The topological polar surface area (TPSA) is 15.7 Å². The van der Waals surface area contributed by atoms with Crippen LogP contribution < -0.4 is 30.2 Å². The summed E-state index contributed by atoms with van der Waals surface area (Å²) in [5.41, 5.74) is 16.6. The largest absolute Gasteiger partial charge is 0.458 e. The van der Waals surface area contributed by atoms with Crippen LogP contribution in [0.4, 0.5) is 34.1 Å². The first kappa shape index (κ1) is 42.7. The van der Waals surface area contributed by atoms with Gasteiger partial charge in [0.05, 0.1) is 16.1 Å². The highest BCUT2D eigenvalue weighted by Crippen LogP contribution is 2.51. The Morgan fingerprint density at radius 2 is 0.986 bits per heavy atom. The van der Waals surface area contributed by atoms with Crippen molar-refractivity contribution in [1.82, 2.24) is 0 Å². The maximum atomic E-state index is 7.26. The van der Waals surface area contributed by atoms with Gasteiger partial charge in [0.2, 0.25) is 0 Å². The van der Waals surface area contributed by atoms with E-state index in [0.29, 0.717) is 0 Å². The number of hydrogen-bond acceptors (Lipinski definition) is 5. The predicted molar refractivity (Wildman–Crippen MR) is 304 cm³/mol. The SMILES string of the molecule is CC(C)(C)c1ccc(N(c2ccc3c(c2)Oc2cccc4c2B3c2sc3ccccc3c2N4c2cccc3c2sc2ccccc23)c2ccc(C(C)(C)C)c(-c3ccccc3)c2)cc1-c1ccccc1. The molecule has 338 valence electrons. The molecule has 0 fully saturated rings. The number of nitrogens with zero attached hydrogens (tertiary/aromatic N) is 2. The second kappa shape index (κ2) is 16.1. The zero-order valence-corrected chi connectivity index (χ0v) is 41.9. The van der Waals surface area contributed by atoms with Crippen molar-refractivity contribution < 1.29 is 4.74 Å². The average Bonchev–Trinajstić information content (AvgIpc) is 3.96. The van der Waals surface area contributed by atoms with Crippen molar-refractivity contribution in [1.29, 1.82) is 0 Å². The molecule has 0 unspecified atom stereocenters. The molecular formula is C64H51BN2OS2. The Kier molecular flexibility index (Phi) is 9.82. The van der Waals surface area contributed by atoms with E-state index in [1.165, 1.54) is 96.4 Å². The Morgan fingerprint density at radius 1 is 0.457 bits per heavy atom. The molecule has 0 atom stereocenters. The van der Waals surface area contributed by atoms with E-state index >= 15 is 0 Å². The molecule has 0 saturated carbocycles. The molecule has 2 aliphatic rings. The van der Waals surface area contributed by atoms with E-state index in [-0.39, 0.29) is 17.5 Å². The van der Waals surface area contributed by atoms with Gasteiger partial charge in [0, 0.05) is 59.2 Å². The maximum absolute atomic E-state index is 7.26. The first-order chi connectivity index (χ1) is 34.0. The molecule has 0 N–H and O–H groups in total. The highest BCUT2D eigenvalue weighted by molar-refractivity contribution is 7.33. The van der Waals surface area contributed by atoms with Crippen molar-refractivity contribution >= 4 is 109 Å². The Hall–Kier alpha value is -7.38. The fraction of sp³-hybridized carbons (Fsp3) is 0.125. The third kappa shape index (κ3) is 6.83. The summed E-state index contributed by atoms with van der Waals surface area (Å²) >= 11 is 3.80. The van der Waals surface area contributed by atoms with Crippen LogP contribution in [-0.2, 0) is 10.8 Å². The summed E-state index contributed by atoms with van der Waals surface area (Å²) in [6.07, 6.45) is 0. The lowest BCUT2D eigenvalue weighted by Crippen LogP contribution is -2.58. The number of ether oxygens (including phenoxy) is 1. The Bertz CT molecular complexity index is 3760. The Labute approximate surface area is 419 Å². The monoisotopic (exact) mass is 938 g/mol. The molecule has 0 amide bonds. The number of anilines is 6. The molecule has 2 aliphatic heterocycles. The minimum atomic E-state index is -0.0688. The zero-order chi connectivity index (χ0) is 47.5. The Balaban J connectivity index is 1.02. The number of hydrogen-bond donors (Lipinski definition) is 0. The minimum absolute atomic E-state index is 0.0192. The molecular weight excluding hydrogens is 888 g/mol. The molecule has 2 aromatic heterocycles. The molecule has 0 radical (unpaired) electrons. The van der Waals surface area contributed by atoms with Crippen molar-refractivity contribution in [3.8, 4) is 33.8 Å². The van der Waals surface area contributed by atoms with Crippen LogP contribution >= 0.6 is 22.7 Å². The third-order valence-corrected chi connectivity index (χ3v) is 16.8. The molecule has 13 rings (SSSR count). The number of benzene rings is 9. The van der Waals surface area contributed by atoms with E-state index in [1.54, 1.807) is 0 Å². The fourth-order valence-electron chi connectivity index (χ4n) is 11.2. The highest BCUT2D eigenvalue weighted by atomic mass is 32.1. The van der Waals surface area contributed by atoms with Gasteiger partial charge in [0.1, 0.15) is 11.5 Å². The fourth-order valence-corrected chi connectivity index (χ4v) is 13.7. The quantitative estimate of drug-likeness (QED) is 0.155. The molecule has 0 aliphatic carbocycles. The molecule has 11 aromatic rings. The van der Waals surface area contributed by atoms with E-state index in [4.69, 9.17) is 4.74 Å². The molecule has 0 saturated heterocycles. The Morgan fingerprint density at radius 3 is 1.63 bits per heavy atom. The van der Waals surface area contributed by atoms with Crippen LogP contribution in [0.3, 0.4) is 0 Å². The summed E-state index contributed by atoms with van der Waals surface area (Å²) in [5, 5.41) is 3.86. The number of thiophene rings is 2. The smallest absolute Gasteiger partial charge is 0.268 e. The second-order valence-electron chi connectivity index (χ2n) is 20.9. The lowest BCUT2D eigenvalue weighted by molar-refractivity contribution is 0.487. The standard InChI is InChI=1S/C64H51BN2OS2/c1-63(2,3)50-34-31-42(37-48(50)40-19-9-7-10-20-40)66(43-32-35-51(64(4,5)6)49(38-43)41-21-11-8-12-22-41)44-33-36-52-56(39-44)68-55-28-18-26-53-59(55)65(52)62-60(47-24-14-16-30-58(47)70-62)67(53)54-27-17-25-46-45-23-13-15-29-57(45)69-61(46)54/h7-39H,1-6H3. The van der Waals surface area contributed by atoms with Gasteiger partial charge in [-0.05, 0) is 116 Å². The molecule has 70 heavy (non-hydrogen) atoms. The van der Waals surface area contributed by atoms with Gasteiger partial charge in [-0.3, -0.25) is 0 Å². The summed E-state index contributed by atoms with van der Waals surface area (Å²) < 4.78 is 12.5.